The second kappa shape index (κ2) is 4.86. The lowest BCUT2D eigenvalue weighted by atomic mass is 10.3. The molecule has 90 valence electrons. The van der Waals surface area contributed by atoms with E-state index in [1.807, 2.05) is 26.0 Å². The molecule has 2 rings (SSSR count). The first-order valence-corrected chi connectivity index (χ1v) is 5.55. The van der Waals surface area contributed by atoms with Gasteiger partial charge in [0.05, 0.1) is 18.3 Å². The van der Waals surface area contributed by atoms with E-state index < -0.39 is 0 Å². The minimum absolute atomic E-state index is 0.140. The lowest BCUT2D eigenvalue weighted by Crippen LogP contribution is -2.22. The molecule has 0 saturated heterocycles. The van der Waals surface area contributed by atoms with E-state index in [9.17, 15) is 4.79 Å². The first-order valence-electron chi connectivity index (χ1n) is 5.55. The van der Waals surface area contributed by atoms with Crippen molar-refractivity contribution in [1.82, 2.24) is 15.1 Å². The number of hydrogen-bond acceptors (Lipinski definition) is 3. The van der Waals surface area contributed by atoms with Crippen LogP contribution in [-0.2, 0) is 13.1 Å². The molecular weight excluding hydrogens is 218 g/mol. The largest absolute Gasteiger partial charge is 0.465 e. The molecule has 5 nitrogen and oxygen atoms in total. The maximum atomic E-state index is 11.7. The molecule has 0 spiro atoms. The van der Waals surface area contributed by atoms with Crippen molar-refractivity contribution in [1.29, 1.82) is 0 Å². The second-order valence-corrected chi connectivity index (χ2v) is 3.78. The fourth-order valence-electron chi connectivity index (χ4n) is 1.50. The topological polar surface area (TPSA) is 60.1 Å². The van der Waals surface area contributed by atoms with Gasteiger partial charge in [0.1, 0.15) is 11.5 Å². The summed E-state index contributed by atoms with van der Waals surface area (Å²) in [6.07, 6.45) is 3.29. The number of nitrogens with zero attached hydrogens (tertiary/aromatic N) is 2. The molecule has 1 N–H and O–H groups in total. The Hall–Kier alpha value is -2.04. The SMILES string of the molecule is CCn1cc(C(=O)NCc2ccc(C)o2)cn1. The molecular formula is C12H15N3O2. The zero-order valence-electron chi connectivity index (χ0n) is 9.93. The molecule has 0 saturated carbocycles. The van der Waals surface area contributed by atoms with Crippen LogP contribution in [-0.4, -0.2) is 15.7 Å². The minimum atomic E-state index is -0.140. The van der Waals surface area contributed by atoms with Crippen LogP contribution < -0.4 is 5.32 Å². The summed E-state index contributed by atoms with van der Waals surface area (Å²) in [5.41, 5.74) is 0.565. The van der Waals surface area contributed by atoms with E-state index in [4.69, 9.17) is 4.42 Å². The van der Waals surface area contributed by atoms with E-state index in [1.165, 1.54) is 0 Å². The molecule has 17 heavy (non-hydrogen) atoms. The van der Waals surface area contributed by atoms with Crippen LogP contribution in [0, 0.1) is 6.92 Å². The van der Waals surface area contributed by atoms with Gasteiger partial charge in [-0.1, -0.05) is 0 Å². The monoisotopic (exact) mass is 233 g/mol. The maximum absolute atomic E-state index is 11.7. The van der Waals surface area contributed by atoms with Gasteiger partial charge < -0.3 is 9.73 Å². The van der Waals surface area contributed by atoms with E-state index in [-0.39, 0.29) is 5.91 Å². The van der Waals surface area contributed by atoms with Gasteiger partial charge in [0.2, 0.25) is 0 Å². The van der Waals surface area contributed by atoms with Crippen LogP contribution >= 0.6 is 0 Å². The van der Waals surface area contributed by atoms with Gasteiger partial charge in [-0.15, -0.1) is 0 Å². The van der Waals surface area contributed by atoms with Crippen molar-refractivity contribution in [2.45, 2.75) is 26.9 Å². The zero-order chi connectivity index (χ0) is 12.3. The summed E-state index contributed by atoms with van der Waals surface area (Å²) in [5, 5.41) is 6.83. The number of hydrogen-bond donors (Lipinski definition) is 1. The highest BCUT2D eigenvalue weighted by Gasteiger charge is 2.08. The molecule has 0 aliphatic rings. The molecule has 2 aromatic rings. The Kier molecular flexibility index (Phi) is 3.27. The van der Waals surface area contributed by atoms with Gasteiger partial charge >= 0.3 is 0 Å². The van der Waals surface area contributed by atoms with Gasteiger partial charge in [-0.05, 0) is 26.0 Å². The van der Waals surface area contributed by atoms with Gasteiger partial charge in [0.25, 0.3) is 5.91 Å². The fraction of sp³-hybridized carbons (Fsp3) is 0.333. The molecule has 0 fully saturated rings. The normalized spacial score (nSPS) is 10.5. The fourth-order valence-corrected chi connectivity index (χ4v) is 1.50. The van der Waals surface area contributed by atoms with Gasteiger partial charge in [0.15, 0.2) is 0 Å². The lowest BCUT2D eigenvalue weighted by molar-refractivity contribution is 0.0948. The second-order valence-electron chi connectivity index (χ2n) is 3.78. The number of aromatic nitrogens is 2. The Balaban J connectivity index is 1.93. The summed E-state index contributed by atoms with van der Waals surface area (Å²) in [6.45, 7) is 4.99. The third-order valence-corrected chi connectivity index (χ3v) is 2.44. The van der Waals surface area contributed by atoms with Gasteiger partial charge in [-0.25, -0.2) is 0 Å². The first-order chi connectivity index (χ1) is 8.19. The van der Waals surface area contributed by atoms with Crippen molar-refractivity contribution in [2.75, 3.05) is 0 Å². The molecule has 0 aromatic carbocycles. The average molecular weight is 233 g/mol. The van der Waals surface area contributed by atoms with Crippen molar-refractivity contribution in [3.63, 3.8) is 0 Å². The Morgan fingerprint density at radius 2 is 2.35 bits per heavy atom. The number of carbonyl (C=O) groups excluding carboxylic acids is 1. The number of aryl methyl sites for hydroxylation is 2. The van der Waals surface area contributed by atoms with Gasteiger partial charge in [0, 0.05) is 12.7 Å². The molecule has 0 atom stereocenters. The third kappa shape index (κ3) is 2.75. The predicted octanol–water partition coefficient (Wildman–Crippen LogP) is 1.73. The van der Waals surface area contributed by atoms with E-state index >= 15 is 0 Å². The van der Waals surface area contributed by atoms with E-state index in [0.717, 1.165) is 18.1 Å². The molecule has 0 bridgehead atoms. The standard InChI is InChI=1S/C12H15N3O2/c1-3-15-8-10(6-14-15)12(16)13-7-11-5-4-9(2)17-11/h4-6,8H,3,7H2,1-2H3,(H,13,16). The molecule has 1 amide bonds. The van der Waals surface area contributed by atoms with E-state index in [0.29, 0.717) is 12.1 Å². The van der Waals surface area contributed by atoms with Gasteiger partial charge in [-0.2, -0.15) is 5.10 Å². The van der Waals surface area contributed by atoms with Crippen LogP contribution in [0.2, 0.25) is 0 Å². The highest BCUT2D eigenvalue weighted by atomic mass is 16.3. The van der Waals surface area contributed by atoms with E-state index in [2.05, 4.69) is 10.4 Å². The Morgan fingerprint density at radius 1 is 1.53 bits per heavy atom. The van der Waals surface area contributed by atoms with Crippen LogP contribution in [0.25, 0.3) is 0 Å². The van der Waals surface area contributed by atoms with Crippen molar-refractivity contribution >= 4 is 5.91 Å². The van der Waals surface area contributed by atoms with Crippen LogP contribution in [0.3, 0.4) is 0 Å². The quantitative estimate of drug-likeness (QED) is 0.874. The molecule has 5 heteroatoms. The molecule has 2 aromatic heterocycles. The molecule has 0 aliphatic carbocycles. The molecule has 0 unspecified atom stereocenters. The predicted molar refractivity (Wildman–Crippen MR) is 62.5 cm³/mol. The van der Waals surface area contributed by atoms with Gasteiger partial charge in [-0.3, -0.25) is 9.48 Å². The number of amides is 1. The van der Waals surface area contributed by atoms with Crippen LogP contribution in [0.5, 0.6) is 0 Å². The van der Waals surface area contributed by atoms with E-state index in [1.54, 1.807) is 17.1 Å². The smallest absolute Gasteiger partial charge is 0.254 e. The summed E-state index contributed by atoms with van der Waals surface area (Å²) in [5.74, 6) is 1.45. The van der Waals surface area contributed by atoms with Crippen molar-refractivity contribution in [3.05, 3.63) is 41.6 Å². The van der Waals surface area contributed by atoms with Crippen molar-refractivity contribution < 1.29 is 9.21 Å². The zero-order valence-corrected chi connectivity index (χ0v) is 9.93. The Morgan fingerprint density at radius 3 is 2.94 bits per heavy atom. The summed E-state index contributed by atoms with van der Waals surface area (Å²) < 4.78 is 7.07. The first kappa shape index (κ1) is 11.4. The highest BCUT2D eigenvalue weighted by Crippen LogP contribution is 2.06. The summed E-state index contributed by atoms with van der Waals surface area (Å²) in [4.78, 5) is 11.7. The molecule has 0 aliphatic heterocycles. The Labute approximate surface area is 99.4 Å². The minimum Gasteiger partial charge on any atom is -0.465 e. The number of rotatable bonds is 4. The number of nitrogens with one attached hydrogen (secondary N) is 1. The molecule has 0 radical (unpaired) electrons. The van der Waals surface area contributed by atoms with Crippen molar-refractivity contribution in [3.8, 4) is 0 Å². The van der Waals surface area contributed by atoms with Crippen molar-refractivity contribution in [2.24, 2.45) is 0 Å². The molecule has 2 heterocycles. The number of furan rings is 1. The summed E-state index contributed by atoms with van der Waals surface area (Å²) >= 11 is 0. The van der Waals surface area contributed by atoms with Crippen LogP contribution in [0.4, 0.5) is 0 Å². The van der Waals surface area contributed by atoms with Crippen LogP contribution in [0.1, 0.15) is 28.8 Å². The number of carbonyl (C=O) groups is 1. The maximum Gasteiger partial charge on any atom is 0.254 e. The lowest BCUT2D eigenvalue weighted by Gasteiger charge is -2.00. The third-order valence-electron chi connectivity index (χ3n) is 2.44. The highest BCUT2D eigenvalue weighted by molar-refractivity contribution is 5.93. The average Bonchev–Trinajstić information content (AvgIpc) is 2.94. The van der Waals surface area contributed by atoms with Crippen LogP contribution in [0.15, 0.2) is 28.9 Å². The summed E-state index contributed by atoms with van der Waals surface area (Å²) in [6, 6.07) is 3.72. The summed E-state index contributed by atoms with van der Waals surface area (Å²) in [7, 11) is 0. The Bertz CT molecular complexity index is 513.